The molecule has 13 heavy (non-hydrogen) atoms. The quantitative estimate of drug-likeness (QED) is 0.671. The van der Waals surface area contributed by atoms with E-state index >= 15 is 0 Å². The molecule has 0 saturated heterocycles. The van der Waals surface area contributed by atoms with Gasteiger partial charge < -0.3 is 5.32 Å². The molecule has 0 bridgehead atoms. The van der Waals surface area contributed by atoms with Gasteiger partial charge >= 0.3 is 0 Å². The van der Waals surface area contributed by atoms with Gasteiger partial charge in [0, 0.05) is 6.54 Å². The van der Waals surface area contributed by atoms with Gasteiger partial charge in [0.05, 0.1) is 5.25 Å². The average Bonchev–Trinajstić information content (AvgIpc) is 2.47. The Hall–Kier alpha value is -0.180. The lowest BCUT2D eigenvalue weighted by Crippen LogP contribution is -2.34. The molecular formula is C10H19NOS. The number of carbonyl (C=O) groups excluding carboxylic acids is 1. The van der Waals surface area contributed by atoms with E-state index in [9.17, 15) is 4.79 Å². The Labute approximate surface area is 85.9 Å². The van der Waals surface area contributed by atoms with Crippen molar-refractivity contribution in [3.8, 4) is 0 Å². The van der Waals surface area contributed by atoms with Gasteiger partial charge in [0.15, 0.2) is 0 Å². The third-order valence-electron chi connectivity index (χ3n) is 2.96. The Morgan fingerprint density at radius 1 is 1.62 bits per heavy atom. The zero-order chi connectivity index (χ0) is 9.84. The normalized spacial score (nSPS) is 30.1. The first-order valence-electron chi connectivity index (χ1n) is 5.07. The van der Waals surface area contributed by atoms with Crippen LogP contribution in [0.1, 0.15) is 33.1 Å². The van der Waals surface area contributed by atoms with Crippen LogP contribution in [-0.4, -0.2) is 17.7 Å². The molecule has 1 N–H and O–H groups in total. The van der Waals surface area contributed by atoms with E-state index in [1.54, 1.807) is 6.92 Å². The molecule has 2 nitrogen and oxygen atoms in total. The van der Waals surface area contributed by atoms with Gasteiger partial charge in [0.1, 0.15) is 0 Å². The summed E-state index contributed by atoms with van der Waals surface area (Å²) in [4.78, 5) is 11.2. The molecular weight excluding hydrogens is 182 g/mol. The number of hydrogen-bond donors (Lipinski definition) is 2. The molecule has 1 aliphatic carbocycles. The number of nitrogens with one attached hydrogen (secondary N) is 1. The van der Waals surface area contributed by atoms with E-state index in [1.165, 1.54) is 19.3 Å². The summed E-state index contributed by atoms with van der Waals surface area (Å²) < 4.78 is 0. The van der Waals surface area contributed by atoms with Crippen molar-refractivity contribution in [2.45, 2.75) is 38.4 Å². The summed E-state index contributed by atoms with van der Waals surface area (Å²) >= 11 is 4.08. The Bertz CT molecular complexity index is 182. The van der Waals surface area contributed by atoms with Gasteiger partial charge in [-0.3, -0.25) is 4.79 Å². The lowest BCUT2D eigenvalue weighted by molar-refractivity contribution is -0.120. The summed E-state index contributed by atoms with van der Waals surface area (Å²) in [5.74, 6) is 1.52. The first-order valence-corrected chi connectivity index (χ1v) is 5.58. The van der Waals surface area contributed by atoms with Crippen LogP contribution in [0.5, 0.6) is 0 Å². The van der Waals surface area contributed by atoms with Crippen LogP contribution in [0.2, 0.25) is 0 Å². The van der Waals surface area contributed by atoms with Crippen LogP contribution in [0, 0.1) is 11.8 Å². The fourth-order valence-corrected chi connectivity index (χ4v) is 2.00. The summed E-state index contributed by atoms with van der Waals surface area (Å²) in [7, 11) is 0. The van der Waals surface area contributed by atoms with Crippen LogP contribution in [0.3, 0.4) is 0 Å². The summed E-state index contributed by atoms with van der Waals surface area (Å²) in [6, 6.07) is 0. The van der Waals surface area contributed by atoms with E-state index in [2.05, 4.69) is 24.9 Å². The van der Waals surface area contributed by atoms with Crippen LogP contribution in [0.4, 0.5) is 0 Å². The van der Waals surface area contributed by atoms with Crippen molar-refractivity contribution in [1.29, 1.82) is 0 Å². The highest BCUT2D eigenvalue weighted by atomic mass is 32.1. The molecule has 1 rings (SSSR count). The van der Waals surface area contributed by atoms with E-state index in [-0.39, 0.29) is 11.2 Å². The van der Waals surface area contributed by atoms with Gasteiger partial charge in [-0.05, 0) is 25.2 Å². The number of amides is 1. The summed E-state index contributed by atoms with van der Waals surface area (Å²) in [6.07, 6.45) is 3.90. The molecule has 1 saturated carbocycles. The summed E-state index contributed by atoms with van der Waals surface area (Å²) in [6.45, 7) is 4.91. The molecule has 0 aliphatic heterocycles. The molecule has 3 unspecified atom stereocenters. The second-order valence-electron chi connectivity index (χ2n) is 4.09. The van der Waals surface area contributed by atoms with E-state index in [0.717, 1.165) is 12.5 Å². The number of hydrogen-bond acceptors (Lipinski definition) is 2. The minimum atomic E-state index is -0.184. The molecule has 3 heteroatoms. The Morgan fingerprint density at radius 2 is 2.31 bits per heavy atom. The number of thiol groups is 1. The minimum Gasteiger partial charge on any atom is -0.355 e. The van der Waals surface area contributed by atoms with Gasteiger partial charge in [-0.15, -0.1) is 0 Å². The lowest BCUT2D eigenvalue weighted by atomic mass is 9.98. The SMILES string of the molecule is CC(S)C(=O)NCC1CCCC1C. The van der Waals surface area contributed by atoms with E-state index in [0.29, 0.717) is 5.92 Å². The lowest BCUT2D eigenvalue weighted by Gasteiger charge is -2.16. The molecule has 0 radical (unpaired) electrons. The Morgan fingerprint density at radius 3 is 2.77 bits per heavy atom. The largest absolute Gasteiger partial charge is 0.355 e. The second kappa shape index (κ2) is 4.89. The molecule has 1 aliphatic rings. The van der Waals surface area contributed by atoms with Crippen molar-refractivity contribution in [2.75, 3.05) is 6.54 Å². The van der Waals surface area contributed by atoms with Crippen LogP contribution in [0.15, 0.2) is 0 Å². The first-order chi connectivity index (χ1) is 6.11. The van der Waals surface area contributed by atoms with Crippen molar-refractivity contribution >= 4 is 18.5 Å². The van der Waals surface area contributed by atoms with E-state index < -0.39 is 0 Å². The smallest absolute Gasteiger partial charge is 0.232 e. The fraction of sp³-hybridized carbons (Fsp3) is 0.900. The van der Waals surface area contributed by atoms with Crippen molar-refractivity contribution in [1.82, 2.24) is 5.32 Å². The van der Waals surface area contributed by atoms with Gasteiger partial charge in [-0.2, -0.15) is 12.6 Å². The van der Waals surface area contributed by atoms with Crippen LogP contribution < -0.4 is 5.32 Å². The van der Waals surface area contributed by atoms with E-state index in [4.69, 9.17) is 0 Å². The molecule has 0 aromatic carbocycles. The standard InChI is InChI=1S/C10H19NOS/c1-7-4-3-5-9(7)6-11-10(12)8(2)13/h7-9,13H,3-6H2,1-2H3,(H,11,12). The first kappa shape index (κ1) is 10.9. The van der Waals surface area contributed by atoms with Gasteiger partial charge in [-0.25, -0.2) is 0 Å². The van der Waals surface area contributed by atoms with Crippen LogP contribution in [0.25, 0.3) is 0 Å². The zero-order valence-corrected chi connectivity index (χ0v) is 9.31. The topological polar surface area (TPSA) is 29.1 Å². The fourth-order valence-electron chi connectivity index (χ4n) is 1.90. The number of carbonyl (C=O) groups is 1. The maximum Gasteiger partial charge on any atom is 0.232 e. The Kier molecular flexibility index (Phi) is 4.10. The molecule has 1 fully saturated rings. The third kappa shape index (κ3) is 3.22. The third-order valence-corrected chi connectivity index (χ3v) is 3.19. The second-order valence-corrected chi connectivity index (χ2v) is 4.86. The van der Waals surface area contributed by atoms with Crippen molar-refractivity contribution < 1.29 is 4.79 Å². The average molecular weight is 201 g/mol. The van der Waals surface area contributed by atoms with Crippen molar-refractivity contribution in [3.63, 3.8) is 0 Å². The maximum absolute atomic E-state index is 11.2. The zero-order valence-electron chi connectivity index (χ0n) is 8.42. The highest BCUT2D eigenvalue weighted by Crippen LogP contribution is 2.30. The molecule has 76 valence electrons. The van der Waals surface area contributed by atoms with Gasteiger partial charge in [-0.1, -0.05) is 19.8 Å². The van der Waals surface area contributed by atoms with Crippen molar-refractivity contribution in [2.24, 2.45) is 11.8 Å². The molecule has 0 aromatic rings. The minimum absolute atomic E-state index is 0.0578. The number of rotatable bonds is 3. The predicted octanol–water partition coefficient (Wildman–Crippen LogP) is 1.86. The predicted molar refractivity (Wildman–Crippen MR) is 58.0 cm³/mol. The van der Waals surface area contributed by atoms with Crippen molar-refractivity contribution in [3.05, 3.63) is 0 Å². The highest BCUT2D eigenvalue weighted by molar-refractivity contribution is 7.81. The monoisotopic (exact) mass is 201 g/mol. The van der Waals surface area contributed by atoms with Gasteiger partial charge in [0.25, 0.3) is 0 Å². The van der Waals surface area contributed by atoms with Crippen LogP contribution in [-0.2, 0) is 4.79 Å². The molecule has 3 atom stereocenters. The Balaban J connectivity index is 2.22. The molecule has 1 amide bonds. The maximum atomic E-state index is 11.2. The highest BCUT2D eigenvalue weighted by Gasteiger charge is 2.23. The molecule has 0 heterocycles. The van der Waals surface area contributed by atoms with Gasteiger partial charge in [0.2, 0.25) is 5.91 Å². The summed E-state index contributed by atoms with van der Waals surface area (Å²) in [5, 5.41) is 2.76. The molecule has 0 aromatic heterocycles. The molecule has 0 spiro atoms. The van der Waals surface area contributed by atoms with Crippen LogP contribution >= 0.6 is 12.6 Å². The van der Waals surface area contributed by atoms with E-state index in [1.807, 2.05) is 0 Å². The summed E-state index contributed by atoms with van der Waals surface area (Å²) in [5.41, 5.74) is 0.